The van der Waals surface area contributed by atoms with Gasteiger partial charge in [-0.3, -0.25) is 4.79 Å². The van der Waals surface area contributed by atoms with E-state index in [-0.39, 0.29) is 5.97 Å². The third-order valence-electron chi connectivity index (χ3n) is 6.52. The van der Waals surface area contributed by atoms with Crippen LogP contribution in [0.15, 0.2) is 66.7 Å². The Labute approximate surface area is 214 Å². The van der Waals surface area contributed by atoms with Crippen LogP contribution in [-0.4, -0.2) is 19.6 Å². The first-order valence-electron chi connectivity index (χ1n) is 13.9. The molecule has 3 nitrogen and oxygen atoms in total. The summed E-state index contributed by atoms with van der Waals surface area (Å²) in [5.74, 6) is -0.127. The summed E-state index contributed by atoms with van der Waals surface area (Å²) >= 11 is 0. The predicted octanol–water partition coefficient (Wildman–Crippen LogP) is 8.68. The quantitative estimate of drug-likeness (QED) is 0.118. The summed E-state index contributed by atoms with van der Waals surface area (Å²) < 4.78 is 4.69. The second kappa shape index (κ2) is 19.7. The monoisotopic (exact) mass is 477 g/mol. The molecule has 0 radical (unpaired) electrons. The van der Waals surface area contributed by atoms with Gasteiger partial charge in [-0.2, -0.15) is 0 Å². The summed E-state index contributed by atoms with van der Waals surface area (Å²) in [7, 11) is 1.44. The van der Waals surface area contributed by atoms with Gasteiger partial charge < -0.3 is 10.1 Å². The van der Waals surface area contributed by atoms with E-state index in [0.717, 1.165) is 25.8 Å². The van der Waals surface area contributed by atoms with E-state index in [1.54, 1.807) is 0 Å². The average molecular weight is 478 g/mol. The highest BCUT2D eigenvalue weighted by Crippen LogP contribution is 2.14. The van der Waals surface area contributed by atoms with E-state index < -0.39 is 0 Å². The maximum atomic E-state index is 11.2. The Balaban J connectivity index is 1.33. The predicted molar refractivity (Wildman–Crippen MR) is 150 cm³/mol. The maximum absolute atomic E-state index is 11.2. The number of hydrogen-bond donors (Lipinski definition) is 1. The van der Waals surface area contributed by atoms with Crippen molar-refractivity contribution in [2.75, 3.05) is 19.0 Å². The normalized spacial score (nSPS) is 11.1. The van der Waals surface area contributed by atoms with Crippen LogP contribution in [0.2, 0.25) is 0 Å². The van der Waals surface area contributed by atoms with Crippen LogP contribution in [0.5, 0.6) is 0 Å². The van der Waals surface area contributed by atoms with Gasteiger partial charge in [-0.25, -0.2) is 0 Å². The number of ether oxygens (including phenoxy) is 1. The van der Waals surface area contributed by atoms with Crippen LogP contribution in [0.3, 0.4) is 0 Å². The van der Waals surface area contributed by atoms with Crippen molar-refractivity contribution in [1.82, 2.24) is 0 Å². The minimum atomic E-state index is -0.127. The molecule has 0 aliphatic carbocycles. The molecule has 1 N–H and O–H groups in total. The largest absolute Gasteiger partial charge is 0.469 e. The second-order valence-corrected chi connectivity index (χ2v) is 9.54. The van der Waals surface area contributed by atoms with Gasteiger partial charge in [0.1, 0.15) is 0 Å². The van der Waals surface area contributed by atoms with E-state index in [1.165, 1.54) is 94.6 Å². The zero-order chi connectivity index (χ0) is 24.8. The lowest BCUT2D eigenvalue weighted by Gasteiger charge is -2.08. The van der Waals surface area contributed by atoms with E-state index in [1.807, 2.05) is 0 Å². The molecule has 0 saturated carbocycles. The molecule has 2 aromatic carbocycles. The Kier molecular flexibility index (Phi) is 16.2. The summed E-state index contributed by atoms with van der Waals surface area (Å²) in [6.07, 6.45) is 22.8. The van der Waals surface area contributed by atoms with Gasteiger partial charge in [-0.15, -0.1) is 0 Å². The van der Waals surface area contributed by atoms with E-state index in [0.29, 0.717) is 6.42 Å². The number of nitrogens with one attached hydrogen (secondary N) is 1. The van der Waals surface area contributed by atoms with Crippen LogP contribution >= 0.6 is 0 Å². The molecule has 0 aliphatic rings. The minimum absolute atomic E-state index is 0.127. The van der Waals surface area contributed by atoms with Crippen LogP contribution in [0.25, 0.3) is 0 Å². The van der Waals surface area contributed by atoms with Crippen molar-refractivity contribution in [2.24, 2.45) is 0 Å². The van der Waals surface area contributed by atoms with Crippen molar-refractivity contribution >= 4 is 11.7 Å². The lowest BCUT2D eigenvalue weighted by molar-refractivity contribution is -0.140. The molecule has 0 heterocycles. The number of carbonyl (C=O) groups is 1. The molecule has 0 fully saturated rings. The number of unbranched alkanes of at least 4 members (excludes halogenated alkanes) is 10. The molecule has 192 valence electrons. The molecule has 0 aliphatic heterocycles. The second-order valence-electron chi connectivity index (χ2n) is 9.54. The van der Waals surface area contributed by atoms with Crippen molar-refractivity contribution in [3.63, 3.8) is 0 Å². The first-order chi connectivity index (χ1) is 17.3. The summed E-state index contributed by atoms with van der Waals surface area (Å²) in [4.78, 5) is 11.2. The van der Waals surface area contributed by atoms with Gasteiger partial charge in [0.25, 0.3) is 0 Å². The number of aryl methyl sites for hydroxylation is 1. The molecule has 0 unspecified atom stereocenters. The number of methoxy groups -OCH3 is 1. The summed E-state index contributed by atoms with van der Waals surface area (Å²) in [5, 5.41) is 3.53. The number of allylic oxidation sites excluding steroid dienone is 2. The zero-order valence-corrected chi connectivity index (χ0v) is 22.0. The van der Waals surface area contributed by atoms with Crippen LogP contribution in [0.4, 0.5) is 5.69 Å². The highest BCUT2D eigenvalue weighted by molar-refractivity contribution is 5.69. The minimum Gasteiger partial charge on any atom is -0.469 e. The molecule has 0 atom stereocenters. The Bertz CT molecular complexity index is 798. The summed E-state index contributed by atoms with van der Waals surface area (Å²) in [6, 6.07) is 19.3. The van der Waals surface area contributed by atoms with Crippen LogP contribution in [0, 0.1) is 0 Å². The Hall–Kier alpha value is -2.55. The Morgan fingerprint density at radius 2 is 1.34 bits per heavy atom. The average Bonchev–Trinajstić information content (AvgIpc) is 2.89. The first kappa shape index (κ1) is 28.7. The number of hydrogen-bond acceptors (Lipinski definition) is 3. The standard InChI is InChI=1S/C32H47NO2/c1-35-32(34)23-18-22-30-24-26-31(27-25-30)33-28-17-12-10-8-6-4-2-3-5-7-9-11-14-19-29-20-15-13-16-21-29/h11,13-16,20-21,24-27,33H,2-10,12,17-19,22-23,28H2,1H3. The molecule has 2 aromatic rings. The third kappa shape index (κ3) is 15.1. The zero-order valence-electron chi connectivity index (χ0n) is 22.0. The van der Waals surface area contributed by atoms with Gasteiger partial charge in [0.2, 0.25) is 0 Å². The SMILES string of the molecule is COC(=O)CCCc1ccc(NCCCCCCCCCCCCC=CCc2ccccc2)cc1. The molecule has 0 bridgehead atoms. The number of benzene rings is 2. The molecule has 0 saturated heterocycles. The highest BCUT2D eigenvalue weighted by atomic mass is 16.5. The molecular formula is C32H47NO2. The molecule has 0 amide bonds. The Morgan fingerprint density at radius 3 is 2.00 bits per heavy atom. The van der Waals surface area contributed by atoms with E-state index in [9.17, 15) is 4.79 Å². The van der Waals surface area contributed by atoms with E-state index >= 15 is 0 Å². The molecule has 0 spiro atoms. The van der Waals surface area contributed by atoms with Crippen molar-refractivity contribution in [3.8, 4) is 0 Å². The highest BCUT2D eigenvalue weighted by Gasteiger charge is 2.01. The van der Waals surface area contributed by atoms with Crippen molar-refractivity contribution in [3.05, 3.63) is 77.9 Å². The topological polar surface area (TPSA) is 38.3 Å². The van der Waals surface area contributed by atoms with Gasteiger partial charge in [-0.05, 0) is 61.8 Å². The molecular weight excluding hydrogens is 430 g/mol. The van der Waals surface area contributed by atoms with Crippen molar-refractivity contribution < 1.29 is 9.53 Å². The molecule has 3 heteroatoms. The van der Waals surface area contributed by atoms with Crippen LogP contribution in [-0.2, 0) is 22.4 Å². The fourth-order valence-electron chi connectivity index (χ4n) is 4.31. The number of carbonyl (C=O) groups excluding carboxylic acids is 1. The van der Waals surface area contributed by atoms with Crippen LogP contribution in [0.1, 0.15) is 94.6 Å². The lowest BCUT2D eigenvalue weighted by atomic mass is 10.1. The van der Waals surface area contributed by atoms with Gasteiger partial charge >= 0.3 is 5.97 Å². The van der Waals surface area contributed by atoms with Gasteiger partial charge in [-0.1, -0.05) is 106 Å². The smallest absolute Gasteiger partial charge is 0.305 e. The lowest BCUT2D eigenvalue weighted by Crippen LogP contribution is -2.02. The number of anilines is 1. The third-order valence-corrected chi connectivity index (χ3v) is 6.52. The van der Waals surface area contributed by atoms with Crippen LogP contribution < -0.4 is 5.32 Å². The summed E-state index contributed by atoms with van der Waals surface area (Å²) in [5.41, 5.74) is 3.86. The molecule has 35 heavy (non-hydrogen) atoms. The fourth-order valence-corrected chi connectivity index (χ4v) is 4.31. The number of rotatable bonds is 20. The molecule has 0 aromatic heterocycles. The van der Waals surface area contributed by atoms with E-state index in [2.05, 4.69) is 76.8 Å². The summed E-state index contributed by atoms with van der Waals surface area (Å²) in [6.45, 7) is 1.04. The van der Waals surface area contributed by atoms with E-state index in [4.69, 9.17) is 0 Å². The van der Waals surface area contributed by atoms with Gasteiger partial charge in [0.05, 0.1) is 7.11 Å². The Morgan fingerprint density at radius 1 is 0.714 bits per heavy atom. The van der Waals surface area contributed by atoms with Gasteiger partial charge in [0, 0.05) is 18.7 Å². The molecule has 2 rings (SSSR count). The van der Waals surface area contributed by atoms with Crippen molar-refractivity contribution in [1.29, 1.82) is 0 Å². The fraction of sp³-hybridized carbons (Fsp3) is 0.531. The van der Waals surface area contributed by atoms with Crippen molar-refractivity contribution in [2.45, 2.75) is 96.3 Å². The van der Waals surface area contributed by atoms with Gasteiger partial charge in [0.15, 0.2) is 0 Å². The number of esters is 1. The maximum Gasteiger partial charge on any atom is 0.305 e. The first-order valence-corrected chi connectivity index (χ1v) is 13.9.